The molecule has 0 saturated carbocycles. The summed E-state index contributed by atoms with van der Waals surface area (Å²) in [6.07, 6.45) is 5.26. The van der Waals surface area contributed by atoms with E-state index < -0.39 is 0 Å². The van der Waals surface area contributed by atoms with Crippen LogP contribution in [0.3, 0.4) is 0 Å². The van der Waals surface area contributed by atoms with Crippen molar-refractivity contribution in [1.29, 1.82) is 0 Å². The first-order valence-corrected chi connectivity index (χ1v) is 9.93. The molecule has 3 heterocycles. The van der Waals surface area contributed by atoms with Crippen LogP contribution in [0.15, 0.2) is 30.6 Å². The maximum Gasteiger partial charge on any atom is 0.201 e. The summed E-state index contributed by atoms with van der Waals surface area (Å²) in [6, 6.07) is 9.58. The number of rotatable bonds is 2. The predicted octanol–water partition coefficient (Wildman–Crippen LogP) is 2.42. The number of anilines is 1. The molecule has 3 aromatic rings. The number of aromatic nitrogens is 4. The minimum absolute atomic E-state index is 0.649. The van der Waals surface area contributed by atoms with Gasteiger partial charge in [-0.2, -0.15) is 9.61 Å². The molecular weight excluding hydrogens is 336 g/mol. The molecule has 6 heteroatoms. The molecule has 5 rings (SSSR count). The van der Waals surface area contributed by atoms with Gasteiger partial charge in [-0.1, -0.05) is 24.3 Å². The lowest BCUT2D eigenvalue weighted by molar-refractivity contribution is 0.216. The molecule has 6 nitrogen and oxygen atoms in total. The quantitative estimate of drug-likeness (QED) is 0.701. The maximum atomic E-state index is 4.57. The minimum Gasteiger partial charge on any atom is -0.367 e. The van der Waals surface area contributed by atoms with E-state index >= 15 is 0 Å². The van der Waals surface area contributed by atoms with Gasteiger partial charge >= 0.3 is 0 Å². The van der Waals surface area contributed by atoms with Crippen molar-refractivity contribution in [2.45, 2.75) is 39.2 Å². The third kappa shape index (κ3) is 2.88. The molecule has 0 bridgehead atoms. The third-order valence-electron chi connectivity index (χ3n) is 6.29. The number of hydrogen-bond acceptors (Lipinski definition) is 5. The summed E-state index contributed by atoms with van der Waals surface area (Å²) in [5.74, 6) is 0. The molecule has 27 heavy (non-hydrogen) atoms. The SMILES string of the molecule is Cc1nn2cnnc2c(N2CCCN(C3Cc4ccccc4C3)CC2)c1C. The van der Waals surface area contributed by atoms with Gasteiger partial charge in [0.05, 0.1) is 11.4 Å². The molecule has 1 aliphatic heterocycles. The van der Waals surface area contributed by atoms with E-state index in [1.54, 1.807) is 6.33 Å². The Kier molecular flexibility index (Phi) is 4.08. The van der Waals surface area contributed by atoms with Crippen LogP contribution in [0, 0.1) is 13.8 Å². The standard InChI is InChI=1S/C21H26N6/c1-15-16(2)24-27-14-22-23-21(27)20(15)26-9-5-8-25(10-11-26)19-12-17-6-3-4-7-18(17)13-19/h3-4,6-7,14,19H,5,8-13H2,1-2H3. The van der Waals surface area contributed by atoms with E-state index in [1.165, 1.54) is 48.2 Å². The Morgan fingerprint density at radius 2 is 1.74 bits per heavy atom. The summed E-state index contributed by atoms with van der Waals surface area (Å²) < 4.78 is 1.81. The molecule has 140 valence electrons. The number of benzene rings is 1. The molecule has 0 radical (unpaired) electrons. The maximum absolute atomic E-state index is 4.57. The first kappa shape index (κ1) is 16.7. The summed E-state index contributed by atoms with van der Waals surface area (Å²) in [4.78, 5) is 5.19. The van der Waals surface area contributed by atoms with Crippen LogP contribution < -0.4 is 4.90 Å². The molecule has 1 fully saturated rings. The van der Waals surface area contributed by atoms with Crippen LogP contribution in [0.5, 0.6) is 0 Å². The number of nitrogens with zero attached hydrogens (tertiary/aromatic N) is 6. The molecule has 1 saturated heterocycles. The summed E-state index contributed by atoms with van der Waals surface area (Å²) >= 11 is 0. The minimum atomic E-state index is 0.649. The van der Waals surface area contributed by atoms with Crippen molar-refractivity contribution in [3.05, 3.63) is 53.0 Å². The van der Waals surface area contributed by atoms with Crippen LogP contribution in [0.1, 0.15) is 28.8 Å². The average Bonchev–Trinajstić information content (AvgIpc) is 3.23. The lowest BCUT2D eigenvalue weighted by Crippen LogP contribution is -2.39. The van der Waals surface area contributed by atoms with Crippen LogP contribution >= 0.6 is 0 Å². The van der Waals surface area contributed by atoms with Gasteiger partial charge in [0, 0.05) is 32.2 Å². The topological polar surface area (TPSA) is 49.6 Å². The molecule has 0 atom stereocenters. The highest BCUT2D eigenvalue weighted by Gasteiger charge is 2.29. The van der Waals surface area contributed by atoms with E-state index in [1.807, 2.05) is 4.52 Å². The molecule has 0 amide bonds. The fourth-order valence-electron chi connectivity index (χ4n) is 4.73. The zero-order chi connectivity index (χ0) is 18.4. The van der Waals surface area contributed by atoms with Crippen molar-refractivity contribution in [3.8, 4) is 0 Å². The largest absolute Gasteiger partial charge is 0.367 e. The second-order valence-electron chi connectivity index (χ2n) is 7.87. The predicted molar refractivity (Wildman–Crippen MR) is 106 cm³/mol. The highest BCUT2D eigenvalue weighted by Crippen LogP contribution is 2.29. The zero-order valence-electron chi connectivity index (χ0n) is 16.1. The van der Waals surface area contributed by atoms with E-state index in [-0.39, 0.29) is 0 Å². The molecule has 1 aromatic carbocycles. The highest BCUT2D eigenvalue weighted by molar-refractivity contribution is 5.72. The summed E-state index contributed by atoms with van der Waals surface area (Å²) in [7, 11) is 0. The van der Waals surface area contributed by atoms with Crippen molar-refractivity contribution >= 4 is 11.3 Å². The molecule has 0 spiro atoms. The van der Waals surface area contributed by atoms with Crippen LogP contribution in [0.2, 0.25) is 0 Å². The molecule has 2 aromatic heterocycles. The molecule has 0 N–H and O–H groups in total. The van der Waals surface area contributed by atoms with Gasteiger partial charge in [0.1, 0.15) is 6.33 Å². The molecule has 0 unspecified atom stereocenters. The van der Waals surface area contributed by atoms with Gasteiger partial charge in [-0.15, -0.1) is 10.2 Å². The number of hydrogen-bond donors (Lipinski definition) is 0. The van der Waals surface area contributed by atoms with E-state index in [0.29, 0.717) is 6.04 Å². The highest BCUT2D eigenvalue weighted by atomic mass is 15.4. The van der Waals surface area contributed by atoms with E-state index in [9.17, 15) is 0 Å². The van der Waals surface area contributed by atoms with E-state index in [0.717, 1.165) is 31.0 Å². The molecule has 2 aliphatic rings. The lowest BCUT2D eigenvalue weighted by atomic mass is 10.1. The molecule has 1 aliphatic carbocycles. The fourth-order valence-corrected chi connectivity index (χ4v) is 4.73. The Morgan fingerprint density at radius 1 is 0.963 bits per heavy atom. The Labute approximate surface area is 159 Å². The Hall–Kier alpha value is -2.47. The normalized spacial score (nSPS) is 18.8. The van der Waals surface area contributed by atoms with Gasteiger partial charge in [0.25, 0.3) is 0 Å². The van der Waals surface area contributed by atoms with Crippen LogP contribution in [0.4, 0.5) is 5.69 Å². The second kappa shape index (κ2) is 6.60. The number of fused-ring (bicyclic) bond motifs is 2. The first-order chi connectivity index (χ1) is 13.2. The van der Waals surface area contributed by atoms with Crippen LogP contribution in [0.25, 0.3) is 5.65 Å². The van der Waals surface area contributed by atoms with Gasteiger partial charge in [0.15, 0.2) is 0 Å². The average molecular weight is 362 g/mol. The summed E-state index contributed by atoms with van der Waals surface area (Å²) in [5.41, 5.74) is 7.42. The third-order valence-corrected chi connectivity index (χ3v) is 6.29. The van der Waals surface area contributed by atoms with Crippen molar-refractivity contribution in [2.75, 3.05) is 31.1 Å². The smallest absolute Gasteiger partial charge is 0.201 e. The Bertz CT molecular complexity index is 953. The van der Waals surface area contributed by atoms with E-state index in [4.69, 9.17) is 0 Å². The lowest BCUT2D eigenvalue weighted by Gasteiger charge is -2.28. The summed E-state index contributed by atoms with van der Waals surface area (Å²) in [5, 5.41) is 13.0. The zero-order valence-corrected chi connectivity index (χ0v) is 16.1. The van der Waals surface area contributed by atoms with Crippen molar-refractivity contribution in [2.24, 2.45) is 0 Å². The van der Waals surface area contributed by atoms with Crippen LogP contribution in [-0.2, 0) is 12.8 Å². The number of aryl methyl sites for hydroxylation is 1. The van der Waals surface area contributed by atoms with Crippen LogP contribution in [-0.4, -0.2) is 56.9 Å². The fraction of sp³-hybridized carbons (Fsp3) is 0.476. The van der Waals surface area contributed by atoms with Crippen molar-refractivity contribution in [1.82, 2.24) is 24.7 Å². The van der Waals surface area contributed by atoms with Gasteiger partial charge in [-0.3, -0.25) is 4.90 Å². The van der Waals surface area contributed by atoms with E-state index in [2.05, 4.69) is 63.2 Å². The monoisotopic (exact) mass is 362 g/mol. The van der Waals surface area contributed by atoms with Gasteiger partial charge < -0.3 is 4.90 Å². The Morgan fingerprint density at radius 3 is 2.52 bits per heavy atom. The Balaban J connectivity index is 1.37. The van der Waals surface area contributed by atoms with Crippen molar-refractivity contribution < 1.29 is 0 Å². The van der Waals surface area contributed by atoms with Gasteiger partial charge in [-0.05, 0) is 49.8 Å². The summed E-state index contributed by atoms with van der Waals surface area (Å²) in [6.45, 7) is 8.57. The van der Waals surface area contributed by atoms with Crippen molar-refractivity contribution in [3.63, 3.8) is 0 Å². The first-order valence-electron chi connectivity index (χ1n) is 9.93. The van der Waals surface area contributed by atoms with Gasteiger partial charge in [-0.25, -0.2) is 0 Å². The second-order valence-corrected chi connectivity index (χ2v) is 7.87. The van der Waals surface area contributed by atoms with Gasteiger partial charge in [0.2, 0.25) is 5.65 Å². The molecular formula is C21H26N6.